The van der Waals surface area contributed by atoms with Gasteiger partial charge in [-0.15, -0.1) is 0 Å². The van der Waals surface area contributed by atoms with Gasteiger partial charge in [0.25, 0.3) is 0 Å². The summed E-state index contributed by atoms with van der Waals surface area (Å²) in [7, 11) is 0. The third-order valence-electron chi connectivity index (χ3n) is 4.92. The first-order valence-electron chi connectivity index (χ1n) is 10.3. The highest BCUT2D eigenvalue weighted by Gasteiger charge is 2.22. The zero-order valence-electron chi connectivity index (χ0n) is 17.4. The van der Waals surface area contributed by atoms with Crippen LogP contribution in [0, 0.1) is 5.82 Å². The van der Waals surface area contributed by atoms with Crippen LogP contribution in [0.25, 0.3) is 0 Å². The zero-order valence-corrected chi connectivity index (χ0v) is 18.3. The molecule has 1 aromatic heterocycles. The molecule has 1 aliphatic heterocycles. The summed E-state index contributed by atoms with van der Waals surface area (Å²) in [6.45, 7) is 3.97. The molecular formula is C21H27FN6O2S. The van der Waals surface area contributed by atoms with E-state index in [0.29, 0.717) is 42.9 Å². The SMILES string of the molecule is CCOC(=O)N1CCCC(NC(=S)Nc2cncnc2NCc2ccc(F)cc2)CC1. The molecule has 0 saturated carbocycles. The van der Waals surface area contributed by atoms with E-state index in [2.05, 4.69) is 25.9 Å². The number of thiocarbonyl (C=S) groups is 1. The van der Waals surface area contributed by atoms with E-state index in [1.165, 1.54) is 18.5 Å². The summed E-state index contributed by atoms with van der Waals surface area (Å²) in [5.41, 5.74) is 1.57. The minimum atomic E-state index is -0.270. The highest BCUT2D eigenvalue weighted by atomic mass is 32.1. The van der Waals surface area contributed by atoms with Gasteiger partial charge in [0.2, 0.25) is 0 Å². The second-order valence-corrected chi connectivity index (χ2v) is 7.59. The lowest BCUT2D eigenvalue weighted by Crippen LogP contribution is -2.39. The molecule has 1 saturated heterocycles. The maximum absolute atomic E-state index is 13.1. The van der Waals surface area contributed by atoms with Crippen LogP contribution < -0.4 is 16.0 Å². The van der Waals surface area contributed by atoms with Gasteiger partial charge in [-0.3, -0.25) is 0 Å². The molecule has 8 nitrogen and oxygen atoms in total. The fraction of sp³-hybridized carbons (Fsp3) is 0.429. The molecule has 0 aliphatic carbocycles. The second-order valence-electron chi connectivity index (χ2n) is 7.18. The molecule has 1 unspecified atom stereocenters. The third kappa shape index (κ3) is 7.02. The summed E-state index contributed by atoms with van der Waals surface area (Å²) in [4.78, 5) is 22.0. The predicted octanol–water partition coefficient (Wildman–Crippen LogP) is 3.53. The number of likely N-dealkylation sites (tertiary alicyclic amines) is 1. The lowest BCUT2D eigenvalue weighted by molar-refractivity contribution is 0.108. The van der Waals surface area contributed by atoms with Crippen molar-refractivity contribution in [3.8, 4) is 0 Å². The van der Waals surface area contributed by atoms with Gasteiger partial charge in [0.05, 0.1) is 12.8 Å². The van der Waals surface area contributed by atoms with Gasteiger partial charge in [0, 0.05) is 25.7 Å². The van der Waals surface area contributed by atoms with Gasteiger partial charge in [0.1, 0.15) is 17.8 Å². The first-order valence-corrected chi connectivity index (χ1v) is 10.7. The molecule has 31 heavy (non-hydrogen) atoms. The number of benzene rings is 1. The Kier molecular flexibility index (Phi) is 8.34. The first kappa shape index (κ1) is 22.7. The van der Waals surface area contributed by atoms with Crippen LogP contribution in [0.1, 0.15) is 31.7 Å². The first-order chi connectivity index (χ1) is 15.0. The van der Waals surface area contributed by atoms with E-state index in [1.54, 1.807) is 30.2 Å². The van der Waals surface area contributed by atoms with Gasteiger partial charge < -0.3 is 25.6 Å². The maximum atomic E-state index is 13.1. The Morgan fingerprint density at radius 3 is 2.87 bits per heavy atom. The maximum Gasteiger partial charge on any atom is 0.409 e. The van der Waals surface area contributed by atoms with Gasteiger partial charge in [-0.1, -0.05) is 12.1 Å². The number of carbonyl (C=O) groups is 1. The lowest BCUT2D eigenvalue weighted by atomic mass is 10.1. The van der Waals surface area contributed by atoms with Crippen molar-refractivity contribution in [2.24, 2.45) is 0 Å². The largest absolute Gasteiger partial charge is 0.450 e. The van der Waals surface area contributed by atoms with Crippen LogP contribution >= 0.6 is 12.2 Å². The Bertz CT molecular complexity index is 882. The third-order valence-corrected chi connectivity index (χ3v) is 5.14. The molecule has 2 aromatic rings. The molecule has 0 bridgehead atoms. The fourth-order valence-electron chi connectivity index (χ4n) is 3.33. The minimum absolute atomic E-state index is 0.152. The average molecular weight is 447 g/mol. The highest BCUT2D eigenvalue weighted by molar-refractivity contribution is 7.80. The smallest absolute Gasteiger partial charge is 0.409 e. The topological polar surface area (TPSA) is 91.4 Å². The monoisotopic (exact) mass is 446 g/mol. The number of rotatable bonds is 6. The van der Waals surface area contributed by atoms with E-state index < -0.39 is 0 Å². The molecule has 1 aliphatic rings. The molecule has 1 fully saturated rings. The van der Waals surface area contributed by atoms with Crippen LogP contribution in [0.15, 0.2) is 36.8 Å². The van der Waals surface area contributed by atoms with Crippen LogP contribution in [0.3, 0.4) is 0 Å². The molecule has 0 radical (unpaired) electrons. The number of carbonyl (C=O) groups excluding carboxylic acids is 1. The van der Waals surface area contributed by atoms with E-state index in [-0.39, 0.29) is 18.0 Å². The summed E-state index contributed by atoms with van der Waals surface area (Å²) in [6.07, 6.45) is 5.38. The molecule has 3 N–H and O–H groups in total. The molecular weight excluding hydrogens is 419 g/mol. The molecule has 166 valence electrons. The van der Waals surface area contributed by atoms with Crippen molar-refractivity contribution in [2.45, 2.75) is 38.8 Å². The number of ether oxygens (including phenoxy) is 1. The van der Waals surface area contributed by atoms with Crippen molar-refractivity contribution in [1.82, 2.24) is 20.2 Å². The summed E-state index contributed by atoms with van der Waals surface area (Å²) < 4.78 is 18.2. The molecule has 2 heterocycles. The van der Waals surface area contributed by atoms with Gasteiger partial charge in [0.15, 0.2) is 10.9 Å². The molecule has 1 amide bonds. The van der Waals surface area contributed by atoms with Crippen molar-refractivity contribution in [1.29, 1.82) is 0 Å². The summed E-state index contributed by atoms with van der Waals surface area (Å²) >= 11 is 5.48. The number of amides is 1. The van der Waals surface area contributed by atoms with Crippen molar-refractivity contribution < 1.29 is 13.9 Å². The van der Waals surface area contributed by atoms with Crippen molar-refractivity contribution in [2.75, 3.05) is 30.3 Å². The molecule has 0 spiro atoms. The van der Waals surface area contributed by atoms with Crippen LogP contribution in [0.5, 0.6) is 0 Å². The number of halogens is 1. The summed E-state index contributed by atoms with van der Waals surface area (Å²) in [5, 5.41) is 10.2. The average Bonchev–Trinajstić information content (AvgIpc) is 3.00. The van der Waals surface area contributed by atoms with Crippen LogP contribution in [-0.2, 0) is 11.3 Å². The standard InChI is InChI=1S/C21H27FN6O2S/c1-2-30-21(29)28-10-3-4-17(9-11-28)26-20(31)27-18-13-23-14-25-19(18)24-12-15-5-7-16(22)8-6-15/h5-8,13-14,17H,2-4,9-12H2,1H3,(H,23,24,25)(H2,26,27,31). The zero-order chi connectivity index (χ0) is 22.1. The van der Waals surface area contributed by atoms with E-state index >= 15 is 0 Å². The number of hydrogen-bond donors (Lipinski definition) is 3. The van der Waals surface area contributed by atoms with E-state index in [4.69, 9.17) is 17.0 Å². The van der Waals surface area contributed by atoms with Gasteiger partial charge >= 0.3 is 6.09 Å². The minimum Gasteiger partial charge on any atom is -0.450 e. The fourth-order valence-corrected chi connectivity index (χ4v) is 3.61. The predicted molar refractivity (Wildman–Crippen MR) is 121 cm³/mol. The number of hydrogen-bond acceptors (Lipinski definition) is 6. The highest BCUT2D eigenvalue weighted by Crippen LogP contribution is 2.18. The Hall–Kier alpha value is -3.01. The Balaban J connectivity index is 1.52. The van der Waals surface area contributed by atoms with E-state index in [9.17, 15) is 9.18 Å². The number of nitrogens with one attached hydrogen (secondary N) is 3. The summed E-state index contributed by atoms with van der Waals surface area (Å²) in [5.74, 6) is 0.325. The van der Waals surface area contributed by atoms with Crippen LogP contribution in [-0.4, -0.2) is 51.8 Å². The van der Waals surface area contributed by atoms with E-state index in [0.717, 1.165) is 24.8 Å². The molecule has 10 heteroatoms. The van der Waals surface area contributed by atoms with Gasteiger partial charge in [-0.2, -0.15) is 0 Å². The van der Waals surface area contributed by atoms with Crippen LogP contribution in [0.4, 0.5) is 20.7 Å². The Morgan fingerprint density at radius 2 is 2.10 bits per heavy atom. The number of aromatic nitrogens is 2. The lowest BCUT2D eigenvalue weighted by Gasteiger charge is -2.21. The molecule has 1 atom stereocenters. The number of anilines is 2. The number of nitrogens with zero attached hydrogens (tertiary/aromatic N) is 3. The Labute approximate surface area is 186 Å². The Morgan fingerprint density at radius 1 is 1.29 bits per heavy atom. The molecule has 3 rings (SSSR count). The van der Waals surface area contributed by atoms with Gasteiger partial charge in [-0.05, 0) is 56.1 Å². The van der Waals surface area contributed by atoms with Crippen molar-refractivity contribution in [3.63, 3.8) is 0 Å². The quantitative estimate of drug-likeness (QED) is 0.581. The van der Waals surface area contributed by atoms with Crippen LogP contribution in [0.2, 0.25) is 0 Å². The van der Waals surface area contributed by atoms with Crippen molar-refractivity contribution in [3.05, 3.63) is 48.2 Å². The van der Waals surface area contributed by atoms with E-state index in [1.807, 2.05) is 0 Å². The molecule has 1 aromatic carbocycles. The summed E-state index contributed by atoms with van der Waals surface area (Å²) in [6, 6.07) is 6.43. The normalized spacial score (nSPS) is 16.2. The van der Waals surface area contributed by atoms with Gasteiger partial charge in [-0.25, -0.2) is 19.2 Å². The second kappa shape index (κ2) is 11.4. The van der Waals surface area contributed by atoms with Crippen molar-refractivity contribution >= 4 is 34.9 Å².